The second-order valence-electron chi connectivity index (χ2n) is 10.2. The maximum atomic E-state index is 13.7. The summed E-state index contributed by atoms with van der Waals surface area (Å²) >= 11 is 0. The van der Waals surface area contributed by atoms with Crippen molar-refractivity contribution in [1.29, 1.82) is 5.41 Å². The zero-order valence-electron chi connectivity index (χ0n) is 23.7. The van der Waals surface area contributed by atoms with Gasteiger partial charge in [-0.15, -0.1) is 5.10 Å². The molecule has 0 fully saturated rings. The Labute approximate surface area is 253 Å². The van der Waals surface area contributed by atoms with Crippen LogP contribution in [0.3, 0.4) is 0 Å². The van der Waals surface area contributed by atoms with Crippen molar-refractivity contribution in [3.8, 4) is 22.4 Å². The van der Waals surface area contributed by atoms with Crippen molar-refractivity contribution in [2.75, 3.05) is 10.3 Å². The lowest BCUT2D eigenvalue weighted by Gasteiger charge is -2.19. The van der Waals surface area contributed by atoms with Crippen LogP contribution < -0.4 is 15.8 Å². The summed E-state index contributed by atoms with van der Waals surface area (Å²) in [6, 6.07) is 38.5. The van der Waals surface area contributed by atoms with Crippen molar-refractivity contribution in [3.05, 3.63) is 139 Å². The minimum atomic E-state index is -0.338. The Bertz CT molecular complexity index is 2120. The normalized spacial score (nSPS) is 13.8. The highest BCUT2D eigenvalue weighted by atomic mass is 16.2. The molecule has 0 saturated carbocycles. The summed E-state index contributed by atoms with van der Waals surface area (Å²) < 4.78 is 1.68. The number of carbonyl (C=O) groups excluding carboxylic acids is 1. The number of aromatic nitrogens is 3. The molecular weight excluding hydrogens is 548 g/mol. The number of benzene rings is 4. The van der Waals surface area contributed by atoms with Crippen LogP contribution in [-0.2, 0) is 11.8 Å². The van der Waals surface area contributed by atoms with Crippen LogP contribution in [0.1, 0.15) is 5.56 Å². The number of fused-ring (bicyclic) bond motifs is 1. The SMILES string of the molecule is Cn1cnc2nc(-c3ccc(N4C(=O)/C(=N\Nc5ccccc5)N=C4c4ccccc4)cc3)cc(-c3ccccc3)c2c1=N. The number of amides is 1. The fourth-order valence-corrected chi connectivity index (χ4v) is 5.13. The number of hydrogen-bond donors (Lipinski definition) is 2. The number of nitrogens with one attached hydrogen (secondary N) is 2. The van der Waals surface area contributed by atoms with E-state index in [9.17, 15) is 4.79 Å². The Hall–Kier alpha value is -6.22. The Morgan fingerprint density at radius 1 is 0.773 bits per heavy atom. The molecule has 0 atom stereocenters. The number of aryl methyl sites for hydroxylation is 1. The number of anilines is 2. The van der Waals surface area contributed by atoms with Crippen LogP contribution in [0.5, 0.6) is 0 Å². The van der Waals surface area contributed by atoms with Crippen molar-refractivity contribution < 1.29 is 4.79 Å². The highest BCUT2D eigenvalue weighted by Gasteiger charge is 2.34. The average Bonchev–Trinajstić information content (AvgIpc) is 3.42. The molecule has 212 valence electrons. The molecule has 0 saturated heterocycles. The summed E-state index contributed by atoms with van der Waals surface area (Å²) in [6.07, 6.45) is 1.61. The monoisotopic (exact) mass is 574 g/mol. The average molecular weight is 575 g/mol. The number of rotatable bonds is 6. The van der Waals surface area contributed by atoms with E-state index in [2.05, 4.69) is 20.5 Å². The molecule has 2 N–H and O–H groups in total. The van der Waals surface area contributed by atoms with E-state index in [1.54, 1.807) is 22.8 Å². The Balaban J connectivity index is 1.28. The van der Waals surface area contributed by atoms with Crippen LogP contribution in [0.2, 0.25) is 0 Å². The second-order valence-corrected chi connectivity index (χ2v) is 10.2. The van der Waals surface area contributed by atoms with Gasteiger partial charge in [0.1, 0.15) is 11.3 Å². The third kappa shape index (κ3) is 4.92. The van der Waals surface area contributed by atoms with Crippen LogP contribution in [0.15, 0.2) is 138 Å². The highest BCUT2D eigenvalue weighted by molar-refractivity contribution is 6.55. The lowest BCUT2D eigenvalue weighted by Crippen LogP contribution is -2.34. The summed E-state index contributed by atoms with van der Waals surface area (Å²) in [5.74, 6) is 0.216. The summed E-state index contributed by atoms with van der Waals surface area (Å²) in [7, 11) is 1.80. The largest absolute Gasteiger partial charge is 0.320 e. The topological polar surface area (TPSA) is 112 Å². The summed E-state index contributed by atoms with van der Waals surface area (Å²) in [4.78, 5) is 29.2. The van der Waals surface area contributed by atoms with Crippen LogP contribution in [0.4, 0.5) is 11.4 Å². The predicted molar refractivity (Wildman–Crippen MR) is 173 cm³/mol. The van der Waals surface area contributed by atoms with Gasteiger partial charge in [-0.25, -0.2) is 15.0 Å². The van der Waals surface area contributed by atoms with E-state index < -0.39 is 0 Å². The van der Waals surface area contributed by atoms with E-state index in [0.29, 0.717) is 33.7 Å². The van der Waals surface area contributed by atoms with E-state index in [0.717, 1.165) is 27.9 Å². The third-order valence-corrected chi connectivity index (χ3v) is 7.36. The molecule has 7 rings (SSSR count). The quantitative estimate of drug-likeness (QED) is 0.238. The van der Waals surface area contributed by atoms with Crippen molar-refractivity contribution in [2.45, 2.75) is 0 Å². The van der Waals surface area contributed by atoms with Gasteiger partial charge in [0.25, 0.3) is 0 Å². The predicted octanol–water partition coefficient (Wildman–Crippen LogP) is 6.00. The number of hydrazone groups is 1. The number of amidine groups is 2. The summed E-state index contributed by atoms with van der Waals surface area (Å²) in [5, 5.41) is 13.7. The molecule has 0 aliphatic carbocycles. The second kappa shape index (κ2) is 11.2. The molecule has 3 heterocycles. The molecule has 0 bridgehead atoms. The van der Waals surface area contributed by atoms with Crippen molar-refractivity contribution in [2.24, 2.45) is 17.1 Å². The van der Waals surface area contributed by atoms with Gasteiger partial charge in [0.05, 0.1) is 28.8 Å². The van der Waals surface area contributed by atoms with Crippen molar-refractivity contribution in [1.82, 2.24) is 14.5 Å². The van der Waals surface area contributed by atoms with Crippen LogP contribution >= 0.6 is 0 Å². The molecule has 0 spiro atoms. The van der Waals surface area contributed by atoms with Crippen LogP contribution in [-0.4, -0.2) is 32.1 Å². The molecule has 6 aromatic rings. The molecule has 0 unspecified atom stereocenters. The highest BCUT2D eigenvalue weighted by Crippen LogP contribution is 2.31. The maximum Gasteiger partial charge on any atom is 0.303 e. The fraction of sp³-hybridized carbons (Fsp3) is 0.0286. The number of nitrogens with zero attached hydrogens (tertiary/aromatic N) is 6. The summed E-state index contributed by atoms with van der Waals surface area (Å²) in [6.45, 7) is 0. The molecule has 1 aliphatic heterocycles. The first-order chi connectivity index (χ1) is 21.6. The van der Waals surface area contributed by atoms with Crippen molar-refractivity contribution >= 4 is 40.0 Å². The molecule has 2 aromatic heterocycles. The van der Waals surface area contributed by atoms with Gasteiger partial charge in [-0.1, -0.05) is 91.0 Å². The first kappa shape index (κ1) is 26.7. The number of para-hydroxylation sites is 1. The minimum absolute atomic E-state index is 0.0610. The zero-order valence-corrected chi connectivity index (χ0v) is 23.7. The van der Waals surface area contributed by atoms with Gasteiger partial charge in [0.2, 0.25) is 5.84 Å². The molecule has 9 heteroatoms. The van der Waals surface area contributed by atoms with Gasteiger partial charge < -0.3 is 4.57 Å². The zero-order chi connectivity index (χ0) is 30.0. The van der Waals surface area contributed by atoms with E-state index >= 15 is 0 Å². The molecule has 44 heavy (non-hydrogen) atoms. The number of pyridine rings is 1. The van der Waals surface area contributed by atoms with E-state index in [1.807, 2.05) is 121 Å². The number of carbonyl (C=O) groups is 1. The van der Waals surface area contributed by atoms with Crippen LogP contribution in [0, 0.1) is 5.41 Å². The Morgan fingerprint density at radius 3 is 2.09 bits per heavy atom. The Morgan fingerprint density at radius 2 is 1.41 bits per heavy atom. The van der Waals surface area contributed by atoms with Gasteiger partial charge in [-0.2, -0.15) is 0 Å². The van der Waals surface area contributed by atoms with Gasteiger partial charge in [0, 0.05) is 18.2 Å². The standard InChI is InChI=1S/C35H26N8O/c1-42-22-37-32-30(31(42)36)28(23-11-5-2-6-12-23)21-29(38-32)24-17-19-27(20-18-24)43-34(25-13-7-3-8-14-25)39-33(35(43)44)41-40-26-15-9-4-10-16-26/h2-22,36,40H,1H3/b36-31?,41-33+. The van der Waals surface area contributed by atoms with E-state index in [1.165, 1.54) is 0 Å². The smallest absolute Gasteiger partial charge is 0.303 e. The lowest BCUT2D eigenvalue weighted by molar-refractivity contribution is -0.111. The van der Waals surface area contributed by atoms with Gasteiger partial charge in [-0.05, 0) is 41.5 Å². The molecule has 4 aromatic carbocycles. The molecule has 9 nitrogen and oxygen atoms in total. The van der Waals surface area contributed by atoms with Crippen LogP contribution in [0.25, 0.3) is 33.4 Å². The van der Waals surface area contributed by atoms with Crippen molar-refractivity contribution in [3.63, 3.8) is 0 Å². The van der Waals surface area contributed by atoms with Gasteiger partial charge in [-0.3, -0.25) is 20.5 Å². The molecule has 1 amide bonds. The number of aliphatic imine (C=N–C) groups is 1. The summed E-state index contributed by atoms with van der Waals surface area (Å²) in [5.41, 5.74) is 9.37. The first-order valence-electron chi connectivity index (χ1n) is 14.0. The van der Waals surface area contributed by atoms with Gasteiger partial charge >= 0.3 is 5.91 Å². The minimum Gasteiger partial charge on any atom is -0.320 e. The van der Waals surface area contributed by atoms with E-state index in [4.69, 9.17) is 10.4 Å². The maximum absolute atomic E-state index is 13.7. The molecule has 1 aliphatic rings. The van der Waals surface area contributed by atoms with E-state index in [-0.39, 0.29) is 11.7 Å². The number of hydrogen-bond acceptors (Lipinski definition) is 6. The third-order valence-electron chi connectivity index (χ3n) is 7.36. The van der Waals surface area contributed by atoms with Gasteiger partial charge in [0.15, 0.2) is 5.65 Å². The first-order valence-corrected chi connectivity index (χ1v) is 14.0. The Kier molecular flexibility index (Phi) is 6.80. The molecule has 0 radical (unpaired) electrons. The lowest BCUT2D eigenvalue weighted by atomic mass is 10.00. The molecular formula is C35H26N8O. The fourth-order valence-electron chi connectivity index (χ4n) is 5.13.